The molecule has 0 aliphatic carbocycles. The van der Waals surface area contributed by atoms with Crippen molar-refractivity contribution in [1.82, 2.24) is 0 Å². The average Bonchev–Trinajstić information content (AvgIpc) is 2.79. The van der Waals surface area contributed by atoms with Crippen LogP contribution in [-0.4, -0.2) is 24.1 Å². The van der Waals surface area contributed by atoms with Gasteiger partial charge in [0.25, 0.3) is 11.7 Å². The summed E-state index contributed by atoms with van der Waals surface area (Å²) in [6.45, 7) is -0.578. The van der Waals surface area contributed by atoms with Gasteiger partial charge in [-0.3, -0.25) is 19.3 Å². The fourth-order valence-electron chi connectivity index (χ4n) is 2.60. The molecule has 0 radical (unpaired) electrons. The van der Waals surface area contributed by atoms with Crippen molar-refractivity contribution in [3.63, 3.8) is 0 Å². The fourth-order valence-corrected chi connectivity index (χ4v) is 2.96. The molecule has 3 rings (SSSR count). The van der Waals surface area contributed by atoms with Crippen molar-refractivity contribution in [2.24, 2.45) is 0 Å². The van der Waals surface area contributed by atoms with Crippen LogP contribution in [0.2, 0.25) is 0 Å². The number of anilines is 2. The lowest BCUT2D eigenvalue weighted by Gasteiger charge is -2.18. The largest absolute Gasteiger partial charge is 0.418 e. The van der Waals surface area contributed by atoms with Crippen LogP contribution in [0.3, 0.4) is 0 Å². The molecule has 0 atom stereocenters. The summed E-state index contributed by atoms with van der Waals surface area (Å²) < 4.78 is 39.5. The Balaban J connectivity index is 1.82. The molecule has 0 unspecified atom stereocenters. The first kappa shape index (κ1) is 18.1. The standard InChI is InChI=1S/C17H10BrF3N2O3/c18-9-5-6-13-10(7-9)15(25)16(26)23(13)8-14(24)22-12-4-2-1-3-11(12)17(19,20)21/h1-7H,8H2,(H,22,24). The van der Waals surface area contributed by atoms with Crippen molar-refractivity contribution in [1.29, 1.82) is 0 Å². The van der Waals surface area contributed by atoms with Crippen molar-refractivity contribution in [2.75, 3.05) is 16.8 Å². The van der Waals surface area contributed by atoms with Gasteiger partial charge in [0.1, 0.15) is 6.54 Å². The highest BCUT2D eigenvalue weighted by Gasteiger charge is 2.37. The number of hydrogen-bond acceptors (Lipinski definition) is 3. The summed E-state index contributed by atoms with van der Waals surface area (Å²) in [7, 11) is 0. The summed E-state index contributed by atoms with van der Waals surface area (Å²) in [5.74, 6) is -2.53. The number of ketones is 1. The van der Waals surface area contributed by atoms with Crippen molar-refractivity contribution in [2.45, 2.75) is 6.18 Å². The molecule has 134 valence electrons. The Labute approximate surface area is 153 Å². The van der Waals surface area contributed by atoms with Gasteiger partial charge in [0, 0.05) is 4.47 Å². The van der Waals surface area contributed by atoms with Gasteiger partial charge in [-0.15, -0.1) is 0 Å². The maximum Gasteiger partial charge on any atom is 0.418 e. The van der Waals surface area contributed by atoms with Crippen LogP contribution in [0.4, 0.5) is 24.5 Å². The minimum absolute atomic E-state index is 0.132. The van der Waals surface area contributed by atoms with Crippen LogP contribution in [0, 0.1) is 0 Å². The summed E-state index contributed by atoms with van der Waals surface area (Å²) in [6, 6.07) is 9.04. The highest BCUT2D eigenvalue weighted by Crippen LogP contribution is 2.35. The van der Waals surface area contributed by atoms with Crippen molar-refractivity contribution in [3.8, 4) is 0 Å². The van der Waals surface area contributed by atoms with E-state index in [1.54, 1.807) is 6.07 Å². The van der Waals surface area contributed by atoms with Gasteiger partial charge in [-0.2, -0.15) is 13.2 Å². The second kappa shape index (κ2) is 6.56. The maximum atomic E-state index is 13.0. The molecular formula is C17H10BrF3N2O3. The van der Waals surface area contributed by atoms with E-state index in [0.717, 1.165) is 17.0 Å². The van der Waals surface area contributed by atoms with Crippen LogP contribution in [-0.2, 0) is 15.8 Å². The summed E-state index contributed by atoms with van der Waals surface area (Å²) in [6.07, 6.45) is -4.64. The van der Waals surface area contributed by atoms with Crippen LogP contribution in [0.1, 0.15) is 15.9 Å². The Hall–Kier alpha value is -2.68. The molecule has 0 aromatic heterocycles. The molecule has 2 aromatic rings. The van der Waals surface area contributed by atoms with Crippen molar-refractivity contribution >= 4 is 44.9 Å². The lowest BCUT2D eigenvalue weighted by Crippen LogP contribution is -2.37. The number of alkyl halides is 3. The maximum absolute atomic E-state index is 13.0. The van der Waals surface area contributed by atoms with E-state index in [1.165, 1.54) is 24.3 Å². The topological polar surface area (TPSA) is 66.5 Å². The van der Waals surface area contributed by atoms with E-state index in [0.29, 0.717) is 4.47 Å². The molecule has 0 fully saturated rings. The van der Waals surface area contributed by atoms with E-state index < -0.39 is 41.6 Å². The third-order valence-electron chi connectivity index (χ3n) is 3.74. The second-order valence-corrected chi connectivity index (χ2v) is 6.39. The summed E-state index contributed by atoms with van der Waals surface area (Å²) in [5, 5.41) is 2.15. The normalized spacial score (nSPS) is 13.8. The molecule has 2 amide bonds. The van der Waals surface area contributed by atoms with Gasteiger partial charge in [0.05, 0.1) is 22.5 Å². The number of benzene rings is 2. The lowest BCUT2D eigenvalue weighted by molar-refractivity contribution is -0.137. The molecule has 1 heterocycles. The van der Waals surface area contributed by atoms with Gasteiger partial charge in [0.2, 0.25) is 5.91 Å². The highest BCUT2D eigenvalue weighted by atomic mass is 79.9. The van der Waals surface area contributed by atoms with Crippen LogP contribution in [0.25, 0.3) is 0 Å². The Bertz CT molecular complexity index is 928. The molecule has 1 aliphatic heterocycles. The van der Waals surface area contributed by atoms with Gasteiger partial charge < -0.3 is 5.32 Å². The number of nitrogens with one attached hydrogen (secondary N) is 1. The Kier molecular flexibility index (Phi) is 4.57. The molecule has 1 N–H and O–H groups in total. The SMILES string of the molecule is O=C(CN1C(=O)C(=O)c2cc(Br)ccc21)Nc1ccccc1C(F)(F)F. The van der Waals surface area contributed by atoms with E-state index in [1.807, 2.05) is 0 Å². The first-order valence-corrected chi connectivity index (χ1v) is 8.09. The zero-order valence-corrected chi connectivity index (χ0v) is 14.5. The number of Topliss-reactive ketones (excluding diaryl/α,β-unsaturated/α-hetero) is 1. The predicted octanol–water partition coefficient (Wildman–Crippen LogP) is 3.64. The molecule has 5 nitrogen and oxygen atoms in total. The number of fused-ring (bicyclic) bond motifs is 1. The number of para-hydroxylation sites is 1. The first-order chi connectivity index (χ1) is 12.2. The molecule has 0 bridgehead atoms. The Morgan fingerprint density at radius 1 is 1.12 bits per heavy atom. The second-order valence-electron chi connectivity index (χ2n) is 5.47. The molecule has 0 saturated heterocycles. The number of halogens is 4. The average molecular weight is 427 g/mol. The third kappa shape index (κ3) is 3.34. The molecule has 9 heteroatoms. The Morgan fingerprint density at radius 3 is 2.50 bits per heavy atom. The van der Waals surface area contributed by atoms with Gasteiger partial charge in [0.15, 0.2) is 0 Å². The van der Waals surface area contributed by atoms with E-state index in [-0.39, 0.29) is 11.3 Å². The smallest absolute Gasteiger partial charge is 0.324 e. The zero-order chi connectivity index (χ0) is 19.1. The van der Waals surface area contributed by atoms with E-state index in [2.05, 4.69) is 21.2 Å². The van der Waals surface area contributed by atoms with Gasteiger partial charge in [-0.05, 0) is 30.3 Å². The van der Waals surface area contributed by atoms with E-state index >= 15 is 0 Å². The number of rotatable bonds is 3. The predicted molar refractivity (Wildman–Crippen MR) is 90.9 cm³/mol. The minimum atomic E-state index is -4.64. The summed E-state index contributed by atoms with van der Waals surface area (Å²) in [5.41, 5.74) is -1.05. The van der Waals surface area contributed by atoms with Gasteiger partial charge >= 0.3 is 6.18 Å². The monoisotopic (exact) mass is 426 g/mol. The lowest BCUT2D eigenvalue weighted by atomic mass is 10.1. The van der Waals surface area contributed by atoms with Gasteiger partial charge in [-0.25, -0.2) is 0 Å². The van der Waals surface area contributed by atoms with Crippen molar-refractivity contribution in [3.05, 3.63) is 58.1 Å². The van der Waals surface area contributed by atoms with Crippen LogP contribution in [0.5, 0.6) is 0 Å². The molecule has 0 saturated carbocycles. The minimum Gasteiger partial charge on any atom is -0.324 e. The van der Waals surface area contributed by atoms with Gasteiger partial charge in [-0.1, -0.05) is 28.1 Å². The summed E-state index contributed by atoms with van der Waals surface area (Å²) in [4.78, 5) is 37.2. The number of nitrogens with zero attached hydrogens (tertiary/aromatic N) is 1. The third-order valence-corrected chi connectivity index (χ3v) is 4.23. The number of carbonyl (C=O) groups is 3. The van der Waals surface area contributed by atoms with Crippen LogP contribution >= 0.6 is 15.9 Å². The first-order valence-electron chi connectivity index (χ1n) is 7.30. The van der Waals surface area contributed by atoms with Crippen LogP contribution in [0.15, 0.2) is 46.9 Å². The van der Waals surface area contributed by atoms with E-state index in [4.69, 9.17) is 0 Å². The quantitative estimate of drug-likeness (QED) is 0.761. The molecule has 26 heavy (non-hydrogen) atoms. The number of hydrogen-bond donors (Lipinski definition) is 1. The number of carbonyl (C=O) groups excluding carboxylic acids is 3. The molecule has 2 aromatic carbocycles. The summed E-state index contributed by atoms with van der Waals surface area (Å²) >= 11 is 3.19. The molecule has 0 spiro atoms. The number of amides is 2. The highest BCUT2D eigenvalue weighted by molar-refractivity contribution is 9.10. The zero-order valence-electron chi connectivity index (χ0n) is 12.9. The van der Waals surface area contributed by atoms with E-state index in [9.17, 15) is 27.6 Å². The van der Waals surface area contributed by atoms with Crippen molar-refractivity contribution < 1.29 is 27.6 Å². The molecular weight excluding hydrogens is 417 g/mol. The fraction of sp³-hybridized carbons (Fsp3) is 0.118. The van der Waals surface area contributed by atoms with Crippen LogP contribution < -0.4 is 10.2 Å². The Morgan fingerprint density at radius 2 is 1.81 bits per heavy atom. The molecule has 1 aliphatic rings.